The lowest BCUT2D eigenvalue weighted by Crippen LogP contribution is -2.18. The van der Waals surface area contributed by atoms with E-state index in [-0.39, 0.29) is 22.6 Å². The van der Waals surface area contributed by atoms with Crippen LogP contribution in [-0.2, 0) is 0 Å². The molecule has 2 aromatic carbocycles. The van der Waals surface area contributed by atoms with Crippen molar-refractivity contribution in [3.63, 3.8) is 0 Å². The summed E-state index contributed by atoms with van der Waals surface area (Å²) in [6.07, 6.45) is 1.28. The third-order valence-electron chi connectivity index (χ3n) is 4.31. The molecule has 0 atom stereocenters. The van der Waals surface area contributed by atoms with Crippen molar-refractivity contribution in [1.82, 2.24) is 5.43 Å². The molecule has 0 aliphatic rings. The molecule has 31 heavy (non-hydrogen) atoms. The predicted molar refractivity (Wildman–Crippen MR) is 112 cm³/mol. The van der Waals surface area contributed by atoms with Crippen LogP contribution in [0.2, 0.25) is 0 Å². The molecule has 1 amide bonds. The summed E-state index contributed by atoms with van der Waals surface area (Å²) in [6.45, 7) is 0. The second kappa shape index (κ2) is 9.44. The number of ether oxygens (including phenoxy) is 3. The quantitative estimate of drug-likeness (QED) is 0.332. The minimum absolute atomic E-state index is 0.155. The standard InChI is InChI=1S/C21H19N3O7/c1-28-13-4-7-16(18(10-13)24(26)27)19-9-6-15(31-19)12-22-23-21(25)17-8-5-14(29-2)11-20(17)30-3/h4-12H,1-3H3,(H,23,25)/b22-12-. The van der Waals surface area contributed by atoms with Gasteiger partial charge in [-0.05, 0) is 36.4 Å². The van der Waals surface area contributed by atoms with E-state index in [4.69, 9.17) is 18.6 Å². The summed E-state index contributed by atoms with van der Waals surface area (Å²) in [5, 5.41) is 15.2. The fourth-order valence-electron chi connectivity index (χ4n) is 2.77. The van der Waals surface area contributed by atoms with Crippen molar-refractivity contribution in [1.29, 1.82) is 0 Å². The molecule has 0 saturated carbocycles. The second-order valence-electron chi connectivity index (χ2n) is 6.11. The Bertz CT molecular complexity index is 1140. The maximum absolute atomic E-state index is 12.4. The van der Waals surface area contributed by atoms with E-state index in [9.17, 15) is 14.9 Å². The number of amides is 1. The molecule has 3 rings (SSSR count). The molecule has 0 spiro atoms. The van der Waals surface area contributed by atoms with Crippen LogP contribution in [0.25, 0.3) is 11.3 Å². The van der Waals surface area contributed by atoms with Crippen LogP contribution < -0.4 is 19.6 Å². The van der Waals surface area contributed by atoms with Gasteiger partial charge in [0.25, 0.3) is 11.6 Å². The van der Waals surface area contributed by atoms with E-state index in [2.05, 4.69) is 10.5 Å². The number of hydrogen-bond acceptors (Lipinski definition) is 8. The lowest BCUT2D eigenvalue weighted by atomic mass is 10.1. The Morgan fingerprint density at radius 3 is 2.42 bits per heavy atom. The zero-order valence-electron chi connectivity index (χ0n) is 16.9. The minimum Gasteiger partial charge on any atom is -0.497 e. The van der Waals surface area contributed by atoms with Crippen molar-refractivity contribution >= 4 is 17.8 Å². The van der Waals surface area contributed by atoms with Crippen LogP contribution in [0.5, 0.6) is 17.2 Å². The fraction of sp³-hybridized carbons (Fsp3) is 0.143. The number of rotatable bonds is 8. The summed E-state index contributed by atoms with van der Waals surface area (Å²) >= 11 is 0. The number of furan rings is 1. The van der Waals surface area contributed by atoms with Gasteiger partial charge >= 0.3 is 0 Å². The van der Waals surface area contributed by atoms with Gasteiger partial charge in [-0.3, -0.25) is 14.9 Å². The molecular weight excluding hydrogens is 406 g/mol. The Balaban J connectivity index is 1.75. The van der Waals surface area contributed by atoms with Gasteiger partial charge in [0.15, 0.2) is 0 Å². The first-order chi connectivity index (χ1) is 15.0. The van der Waals surface area contributed by atoms with Crippen molar-refractivity contribution in [3.05, 3.63) is 70.0 Å². The average Bonchev–Trinajstić information content (AvgIpc) is 3.26. The largest absolute Gasteiger partial charge is 0.497 e. The summed E-state index contributed by atoms with van der Waals surface area (Å²) in [4.78, 5) is 23.2. The van der Waals surface area contributed by atoms with E-state index in [0.29, 0.717) is 23.0 Å². The highest BCUT2D eigenvalue weighted by atomic mass is 16.6. The van der Waals surface area contributed by atoms with Gasteiger partial charge in [0.1, 0.15) is 28.8 Å². The highest BCUT2D eigenvalue weighted by Gasteiger charge is 2.19. The third-order valence-corrected chi connectivity index (χ3v) is 4.31. The van der Waals surface area contributed by atoms with Crippen LogP contribution in [0.4, 0.5) is 5.69 Å². The predicted octanol–water partition coefficient (Wildman–Crippen LogP) is 3.64. The SMILES string of the molecule is COc1ccc(C(=O)N/N=C\c2ccc(-c3ccc(OC)cc3[N+](=O)[O-])o2)c(OC)c1. The number of nitrogens with zero attached hydrogens (tertiary/aromatic N) is 2. The topological polar surface area (TPSA) is 125 Å². The van der Waals surface area contributed by atoms with Crippen molar-refractivity contribution in [3.8, 4) is 28.6 Å². The van der Waals surface area contributed by atoms with Crippen LogP contribution in [0.3, 0.4) is 0 Å². The molecule has 1 heterocycles. The number of hydrogen-bond donors (Lipinski definition) is 1. The Morgan fingerprint density at radius 1 is 1.03 bits per heavy atom. The molecule has 160 valence electrons. The maximum atomic E-state index is 12.4. The number of carbonyl (C=O) groups excluding carboxylic acids is 1. The van der Waals surface area contributed by atoms with E-state index < -0.39 is 10.8 Å². The zero-order valence-corrected chi connectivity index (χ0v) is 16.9. The molecule has 0 bridgehead atoms. The first kappa shape index (κ1) is 21.4. The number of methoxy groups -OCH3 is 3. The van der Waals surface area contributed by atoms with Gasteiger partial charge in [-0.1, -0.05) is 0 Å². The van der Waals surface area contributed by atoms with Crippen LogP contribution >= 0.6 is 0 Å². The number of nitro groups is 1. The maximum Gasteiger partial charge on any atom is 0.284 e. The van der Waals surface area contributed by atoms with Crippen molar-refractivity contribution < 1.29 is 28.3 Å². The number of benzene rings is 2. The average molecular weight is 425 g/mol. The van der Waals surface area contributed by atoms with Crippen LogP contribution in [0.15, 0.2) is 58.0 Å². The van der Waals surface area contributed by atoms with Gasteiger partial charge in [0.2, 0.25) is 0 Å². The van der Waals surface area contributed by atoms with Gasteiger partial charge < -0.3 is 18.6 Å². The Kier molecular flexibility index (Phi) is 6.51. The van der Waals surface area contributed by atoms with Crippen LogP contribution in [-0.4, -0.2) is 38.4 Å². The Labute approximate surface area is 177 Å². The molecule has 0 fully saturated rings. The third kappa shape index (κ3) is 4.81. The molecular formula is C21H19N3O7. The van der Waals surface area contributed by atoms with E-state index in [1.165, 1.54) is 39.7 Å². The molecule has 1 N–H and O–H groups in total. The molecule has 3 aromatic rings. The number of carbonyl (C=O) groups is 1. The molecule has 0 aliphatic heterocycles. The van der Waals surface area contributed by atoms with E-state index in [0.717, 1.165) is 0 Å². The van der Waals surface area contributed by atoms with E-state index in [1.807, 2.05) is 0 Å². The highest BCUT2D eigenvalue weighted by molar-refractivity contribution is 5.97. The lowest BCUT2D eigenvalue weighted by Gasteiger charge is -2.08. The van der Waals surface area contributed by atoms with Crippen molar-refractivity contribution in [2.24, 2.45) is 5.10 Å². The first-order valence-electron chi connectivity index (χ1n) is 8.95. The highest BCUT2D eigenvalue weighted by Crippen LogP contribution is 2.34. The van der Waals surface area contributed by atoms with Gasteiger partial charge in [-0.25, -0.2) is 5.43 Å². The summed E-state index contributed by atoms with van der Waals surface area (Å²) in [5.74, 6) is 1.32. The van der Waals surface area contributed by atoms with E-state index >= 15 is 0 Å². The van der Waals surface area contributed by atoms with Gasteiger partial charge in [-0.2, -0.15) is 5.10 Å². The van der Waals surface area contributed by atoms with Crippen molar-refractivity contribution in [2.75, 3.05) is 21.3 Å². The van der Waals surface area contributed by atoms with Gasteiger partial charge in [-0.15, -0.1) is 0 Å². The van der Waals surface area contributed by atoms with Crippen molar-refractivity contribution in [2.45, 2.75) is 0 Å². The van der Waals surface area contributed by atoms with Gasteiger partial charge in [0, 0.05) is 6.07 Å². The number of hydrazone groups is 1. The van der Waals surface area contributed by atoms with Crippen LogP contribution in [0.1, 0.15) is 16.1 Å². The lowest BCUT2D eigenvalue weighted by molar-refractivity contribution is -0.384. The van der Waals surface area contributed by atoms with Gasteiger partial charge in [0.05, 0.1) is 49.7 Å². The fourth-order valence-corrected chi connectivity index (χ4v) is 2.77. The first-order valence-corrected chi connectivity index (χ1v) is 8.95. The van der Waals surface area contributed by atoms with Crippen LogP contribution in [0, 0.1) is 10.1 Å². The molecule has 0 radical (unpaired) electrons. The summed E-state index contributed by atoms with van der Waals surface area (Å²) < 4.78 is 20.9. The smallest absolute Gasteiger partial charge is 0.284 e. The second-order valence-corrected chi connectivity index (χ2v) is 6.11. The normalized spacial score (nSPS) is 10.7. The Morgan fingerprint density at radius 2 is 1.74 bits per heavy atom. The summed E-state index contributed by atoms with van der Waals surface area (Å²) in [6, 6.07) is 12.4. The summed E-state index contributed by atoms with van der Waals surface area (Å²) in [5.41, 5.74) is 2.78. The molecule has 0 saturated heterocycles. The Hall–Kier alpha value is -4.34. The molecule has 0 aliphatic carbocycles. The summed E-state index contributed by atoms with van der Waals surface area (Å²) in [7, 11) is 4.38. The molecule has 0 unspecified atom stereocenters. The molecule has 10 nitrogen and oxygen atoms in total. The molecule has 10 heteroatoms. The minimum atomic E-state index is -0.517. The number of nitrogens with one attached hydrogen (secondary N) is 1. The monoisotopic (exact) mass is 425 g/mol. The molecule has 1 aromatic heterocycles. The number of nitro benzene ring substituents is 1. The zero-order chi connectivity index (χ0) is 22.4. The van der Waals surface area contributed by atoms with E-state index in [1.54, 1.807) is 36.4 Å².